The number of nitrogens with zero attached hydrogens (tertiary/aromatic N) is 2. The number of hydrogen-bond donors (Lipinski definition) is 1. The van der Waals surface area contributed by atoms with Crippen LogP contribution in [0.2, 0.25) is 0 Å². The summed E-state index contributed by atoms with van der Waals surface area (Å²) in [5, 5.41) is 4.80. The number of ether oxygens (including phenoxy) is 3. The Kier molecular flexibility index (Phi) is 14.5. The highest BCUT2D eigenvalue weighted by Gasteiger charge is 2.39. The first-order valence-corrected chi connectivity index (χ1v) is 18.0. The maximum absolute atomic E-state index is 12.9. The van der Waals surface area contributed by atoms with E-state index in [2.05, 4.69) is 30.8 Å². The molecule has 5 rings (SSSR count). The van der Waals surface area contributed by atoms with Gasteiger partial charge in [0.1, 0.15) is 5.75 Å². The first-order valence-electron chi connectivity index (χ1n) is 18.0. The Hall–Kier alpha value is -3.95. The molecular weight excluding hydrogens is 618 g/mol. The quantitative estimate of drug-likeness (QED) is 0.106. The Morgan fingerprint density at radius 3 is 2.31 bits per heavy atom. The molecule has 2 N–H and O–H groups in total. The lowest BCUT2D eigenvalue weighted by molar-refractivity contribution is -0.143. The summed E-state index contributed by atoms with van der Waals surface area (Å²) >= 11 is 0. The summed E-state index contributed by atoms with van der Waals surface area (Å²) in [5.74, 6) is 0.408. The second-order valence-electron chi connectivity index (χ2n) is 13.3. The fourth-order valence-corrected chi connectivity index (χ4v) is 6.71. The predicted octanol–water partition coefficient (Wildman–Crippen LogP) is 7.47. The van der Waals surface area contributed by atoms with Gasteiger partial charge in [0.15, 0.2) is 23.1 Å². The van der Waals surface area contributed by atoms with Gasteiger partial charge in [0, 0.05) is 37.3 Å². The number of esters is 1. The number of piperidine rings is 2. The van der Waals surface area contributed by atoms with Gasteiger partial charge < -0.3 is 19.9 Å². The van der Waals surface area contributed by atoms with Crippen molar-refractivity contribution in [2.45, 2.75) is 91.6 Å². The van der Waals surface area contributed by atoms with Crippen molar-refractivity contribution in [2.75, 3.05) is 33.3 Å². The zero-order valence-corrected chi connectivity index (χ0v) is 30.0. The van der Waals surface area contributed by atoms with Gasteiger partial charge in [0.05, 0.1) is 25.0 Å². The molecule has 3 aliphatic rings. The van der Waals surface area contributed by atoms with E-state index in [0.717, 1.165) is 62.5 Å². The molecule has 2 aliphatic heterocycles. The van der Waals surface area contributed by atoms with Gasteiger partial charge >= 0.3 is 5.97 Å². The first kappa shape index (κ1) is 37.9. The molecule has 2 atom stereocenters. The van der Waals surface area contributed by atoms with Crippen LogP contribution in [0.3, 0.4) is 0 Å². The molecule has 0 saturated carbocycles. The van der Waals surface area contributed by atoms with Crippen LogP contribution in [0, 0.1) is 18.8 Å². The molecule has 0 amide bonds. The number of hydrazine groups is 1. The molecule has 2 unspecified atom stereocenters. The molecule has 49 heavy (non-hydrogen) atoms. The molecule has 2 heterocycles. The monoisotopic (exact) mass is 673 g/mol. The fraction of sp³-hybridized carbons (Fsp3) is 0.525. The smallest absolute Gasteiger partial charge is 0.314 e. The summed E-state index contributed by atoms with van der Waals surface area (Å²) in [5.41, 5.74) is 8.22. The number of methoxy groups -OCH3 is 1. The highest BCUT2D eigenvalue weighted by Crippen LogP contribution is 2.34. The van der Waals surface area contributed by atoms with Crippen LogP contribution < -0.4 is 19.9 Å². The molecule has 2 saturated heterocycles. The van der Waals surface area contributed by atoms with Gasteiger partial charge in [-0.1, -0.05) is 38.3 Å². The number of fused-ring (bicyclic) bond motifs is 1. The van der Waals surface area contributed by atoms with Crippen LogP contribution in [-0.2, 0) is 4.79 Å². The zero-order chi connectivity index (χ0) is 35.3. The largest absolute Gasteiger partial charge is 0.493 e. The second kappa shape index (κ2) is 18.7. The van der Waals surface area contributed by atoms with Crippen LogP contribution in [-0.4, -0.2) is 66.9 Å². The zero-order valence-electron chi connectivity index (χ0n) is 30.0. The van der Waals surface area contributed by atoms with E-state index in [-0.39, 0.29) is 29.6 Å². The molecule has 2 fully saturated rings. The molecule has 0 bridgehead atoms. The number of allylic oxidation sites excluding steroid dienone is 3. The Morgan fingerprint density at radius 2 is 1.65 bits per heavy atom. The molecule has 266 valence electrons. The Morgan fingerprint density at radius 1 is 0.959 bits per heavy atom. The lowest BCUT2D eigenvalue weighted by Crippen LogP contribution is -2.50. The fourth-order valence-electron chi connectivity index (χ4n) is 6.71. The number of benzene rings is 2. The standard InChI is InChI=1S/C26H33N3O4.C14H22O2/c1-2-18(8-11-27)16-23-24(30)21-7-6-20(17-22(21)25(23)31)33-26(32)19-9-14-29(15-10-19)28-12-4-3-5-13-28;1-5-6-7-12(3)16-14-10-11(2)8-9-13(14)15-4/h2,6-8,11,17,19,23H,3-5,9-10,12-16,27H2,1H3;8-10,12H,5-7H2,1-4H3/b11-8-,18-2+;. The van der Waals surface area contributed by atoms with Crippen molar-refractivity contribution < 1.29 is 28.6 Å². The van der Waals surface area contributed by atoms with Crippen molar-refractivity contribution in [2.24, 2.45) is 17.6 Å². The SMILES string of the molecule is C/C=C(\C=C/N)CC1C(=O)c2ccc(OC(=O)C3CCN(N4CCCCC4)CC3)cc2C1=O.CCCCC(C)Oc1cc(C)ccc1OC. The third-order valence-electron chi connectivity index (χ3n) is 9.64. The summed E-state index contributed by atoms with van der Waals surface area (Å²) in [4.78, 5) is 38.5. The number of Topliss-reactive ketones (excluding diaryl/α,β-unsaturated/α-hetero) is 2. The Bertz CT molecular complexity index is 1490. The number of ketones is 2. The van der Waals surface area contributed by atoms with Crippen molar-refractivity contribution in [3.63, 3.8) is 0 Å². The molecule has 1 aliphatic carbocycles. The highest BCUT2D eigenvalue weighted by atomic mass is 16.5. The molecule has 0 aromatic heterocycles. The van der Waals surface area contributed by atoms with E-state index >= 15 is 0 Å². The van der Waals surface area contributed by atoms with E-state index in [1.165, 1.54) is 43.9 Å². The van der Waals surface area contributed by atoms with Gasteiger partial charge in [-0.15, -0.1) is 0 Å². The van der Waals surface area contributed by atoms with E-state index in [0.29, 0.717) is 23.3 Å². The van der Waals surface area contributed by atoms with Gasteiger partial charge in [-0.25, -0.2) is 10.0 Å². The summed E-state index contributed by atoms with van der Waals surface area (Å²) in [6.45, 7) is 12.2. The Balaban J connectivity index is 0.000000284. The van der Waals surface area contributed by atoms with E-state index in [1.54, 1.807) is 31.4 Å². The van der Waals surface area contributed by atoms with E-state index in [1.807, 2.05) is 31.2 Å². The number of aryl methyl sites for hydroxylation is 1. The minimum atomic E-state index is -0.757. The van der Waals surface area contributed by atoms with Gasteiger partial charge in [0.2, 0.25) is 0 Å². The minimum absolute atomic E-state index is 0.148. The van der Waals surface area contributed by atoms with E-state index in [4.69, 9.17) is 19.9 Å². The molecule has 0 radical (unpaired) electrons. The normalized spacial score (nSPS) is 19.7. The average molecular weight is 674 g/mol. The molecule has 0 spiro atoms. The van der Waals surface area contributed by atoms with Crippen LogP contribution in [0.1, 0.15) is 105 Å². The lowest BCUT2D eigenvalue weighted by Gasteiger charge is -2.41. The van der Waals surface area contributed by atoms with Gasteiger partial charge in [-0.2, -0.15) is 0 Å². The van der Waals surface area contributed by atoms with E-state index in [9.17, 15) is 14.4 Å². The highest BCUT2D eigenvalue weighted by molar-refractivity contribution is 6.26. The molecule has 2 aromatic rings. The molecule has 9 heteroatoms. The van der Waals surface area contributed by atoms with Crippen LogP contribution in [0.15, 0.2) is 60.3 Å². The van der Waals surface area contributed by atoms with Crippen molar-refractivity contribution in [1.29, 1.82) is 0 Å². The molecule has 9 nitrogen and oxygen atoms in total. The maximum atomic E-state index is 12.9. The number of rotatable bonds is 12. The van der Waals surface area contributed by atoms with Crippen LogP contribution in [0.25, 0.3) is 0 Å². The Labute approximate surface area is 292 Å². The van der Waals surface area contributed by atoms with Crippen molar-refractivity contribution in [1.82, 2.24) is 10.0 Å². The third kappa shape index (κ3) is 10.3. The van der Waals surface area contributed by atoms with Gasteiger partial charge in [-0.05, 0) is 113 Å². The molecular formula is C40H55N3O6. The van der Waals surface area contributed by atoms with Crippen molar-refractivity contribution in [3.05, 3.63) is 77.0 Å². The topological polar surface area (TPSA) is 111 Å². The number of carbonyl (C=O) groups excluding carboxylic acids is 3. The van der Waals surface area contributed by atoms with Crippen LogP contribution in [0.4, 0.5) is 0 Å². The lowest BCUT2D eigenvalue weighted by atomic mass is 9.94. The minimum Gasteiger partial charge on any atom is -0.493 e. The second-order valence-corrected chi connectivity index (χ2v) is 13.3. The predicted molar refractivity (Wildman–Crippen MR) is 193 cm³/mol. The van der Waals surface area contributed by atoms with E-state index < -0.39 is 5.92 Å². The third-order valence-corrected chi connectivity index (χ3v) is 9.64. The van der Waals surface area contributed by atoms with Gasteiger partial charge in [-0.3, -0.25) is 14.4 Å². The first-order chi connectivity index (χ1) is 23.7. The van der Waals surface area contributed by atoms with Crippen molar-refractivity contribution >= 4 is 17.5 Å². The number of carbonyl (C=O) groups is 3. The maximum Gasteiger partial charge on any atom is 0.314 e. The van der Waals surface area contributed by atoms with Crippen LogP contribution >= 0.6 is 0 Å². The number of hydrogen-bond acceptors (Lipinski definition) is 9. The van der Waals surface area contributed by atoms with Crippen LogP contribution in [0.5, 0.6) is 17.2 Å². The summed E-state index contributed by atoms with van der Waals surface area (Å²) < 4.78 is 16.8. The summed E-state index contributed by atoms with van der Waals surface area (Å²) in [6, 6.07) is 10.8. The van der Waals surface area contributed by atoms with Gasteiger partial charge in [0.25, 0.3) is 0 Å². The van der Waals surface area contributed by atoms with Crippen molar-refractivity contribution in [3.8, 4) is 17.2 Å². The number of nitrogens with two attached hydrogens (primary N) is 1. The summed E-state index contributed by atoms with van der Waals surface area (Å²) in [6.07, 6.45) is 14.3. The average Bonchev–Trinajstić information content (AvgIpc) is 3.35. The summed E-state index contributed by atoms with van der Waals surface area (Å²) in [7, 11) is 1.67. The number of unbranched alkanes of at least 4 members (excludes halogenated alkanes) is 1. The molecule has 2 aromatic carbocycles.